The molecule has 1 spiro atoms. The summed E-state index contributed by atoms with van der Waals surface area (Å²) in [6, 6.07) is 0. The van der Waals surface area contributed by atoms with Crippen LogP contribution in [0, 0.1) is 56.7 Å². The molecule has 7 fully saturated rings. The van der Waals surface area contributed by atoms with Gasteiger partial charge in [-0.3, -0.25) is 9.59 Å². The van der Waals surface area contributed by atoms with E-state index in [-0.39, 0.29) is 57.1 Å². The molecule has 6 heteroatoms. The number of aliphatic hydroxyl groups is 3. The molecule has 0 aromatic heterocycles. The number of hydrogen-bond acceptors (Lipinski definition) is 6. The van der Waals surface area contributed by atoms with Gasteiger partial charge < -0.3 is 20.1 Å². The highest BCUT2D eigenvalue weighted by molar-refractivity contribution is 5.86. The van der Waals surface area contributed by atoms with Gasteiger partial charge in [0.25, 0.3) is 0 Å². The van der Waals surface area contributed by atoms with Gasteiger partial charge in [-0.2, -0.15) is 0 Å². The van der Waals surface area contributed by atoms with Crippen molar-refractivity contribution in [3.8, 4) is 0 Å². The van der Waals surface area contributed by atoms with E-state index < -0.39 is 23.4 Å². The molecule has 0 radical (unpaired) electrons. The van der Waals surface area contributed by atoms with Gasteiger partial charge in [0.1, 0.15) is 12.2 Å². The van der Waals surface area contributed by atoms with E-state index in [1.54, 1.807) is 0 Å². The minimum atomic E-state index is -1.79. The number of carbonyl (C=O) groups excluding carboxylic acids is 2. The van der Waals surface area contributed by atoms with E-state index in [1.165, 1.54) is 0 Å². The minimum Gasteiger partial charge on any atom is -0.430 e. The standard InChI is InChI=1S/C29H44O6/c1-15-13-18-25(4,22(32)20(15)30)10-12-26(5)17-7-8-28-16(2)21(31)29(34,35-23(28)33)14-19(28)24(17,3)9-11-27(18,26)6/h15-19,21-22,31-32,34H,7-14H2,1-6H3/t15-,16+,17+,18-,19+,21+,22-,24-,25-,26-,27+,28+,29+/m1/s1. The second kappa shape index (κ2) is 6.71. The van der Waals surface area contributed by atoms with Gasteiger partial charge in [-0.05, 0) is 78.9 Å². The second-order valence-electron chi connectivity index (χ2n) is 14.7. The quantitative estimate of drug-likeness (QED) is 0.448. The third kappa shape index (κ3) is 2.44. The van der Waals surface area contributed by atoms with Gasteiger partial charge in [0.2, 0.25) is 5.79 Å². The number of rotatable bonds is 0. The average Bonchev–Trinajstić information content (AvgIpc) is 2.80. The van der Waals surface area contributed by atoms with Crippen LogP contribution in [0.3, 0.4) is 0 Å². The fourth-order valence-corrected chi connectivity index (χ4v) is 11.5. The molecule has 0 aromatic rings. The summed E-state index contributed by atoms with van der Waals surface area (Å²) in [6.45, 7) is 13.3. The van der Waals surface area contributed by atoms with Crippen LogP contribution in [0.4, 0.5) is 0 Å². The van der Waals surface area contributed by atoms with Crippen molar-refractivity contribution in [2.75, 3.05) is 0 Å². The lowest BCUT2D eigenvalue weighted by Gasteiger charge is -2.75. The Hall–Kier alpha value is -0.980. The van der Waals surface area contributed by atoms with E-state index in [9.17, 15) is 24.9 Å². The molecule has 5 aliphatic carbocycles. The van der Waals surface area contributed by atoms with Crippen LogP contribution in [0.15, 0.2) is 0 Å². The van der Waals surface area contributed by atoms with E-state index in [0.29, 0.717) is 18.8 Å². The molecule has 2 saturated heterocycles. The van der Waals surface area contributed by atoms with Crippen molar-refractivity contribution in [2.45, 2.75) is 111 Å². The normalized spacial score (nSPS) is 63.4. The third-order valence-corrected chi connectivity index (χ3v) is 13.9. The Balaban J connectivity index is 1.43. The zero-order chi connectivity index (χ0) is 25.6. The van der Waals surface area contributed by atoms with E-state index in [0.717, 1.165) is 38.5 Å². The molecule has 35 heavy (non-hydrogen) atoms. The number of Topliss-reactive ketones (excluding diaryl/α,β-unsaturated/α-hetero) is 1. The highest BCUT2D eigenvalue weighted by Gasteiger charge is 2.78. The topological polar surface area (TPSA) is 104 Å². The van der Waals surface area contributed by atoms with Crippen LogP contribution in [0.2, 0.25) is 0 Å². The molecular formula is C29H44O6. The first-order valence-corrected chi connectivity index (χ1v) is 14.0. The molecule has 13 atom stereocenters. The lowest BCUT2D eigenvalue weighted by atomic mass is 9.29. The van der Waals surface area contributed by atoms with Crippen LogP contribution in [0.1, 0.15) is 92.9 Å². The predicted octanol–water partition coefficient (Wildman–Crippen LogP) is 3.84. The van der Waals surface area contributed by atoms with Crippen LogP contribution >= 0.6 is 0 Å². The van der Waals surface area contributed by atoms with Crippen molar-refractivity contribution in [3.05, 3.63) is 0 Å². The fourth-order valence-electron chi connectivity index (χ4n) is 11.5. The maximum Gasteiger partial charge on any atom is 0.315 e. The summed E-state index contributed by atoms with van der Waals surface area (Å²) in [7, 11) is 0. The molecule has 5 saturated carbocycles. The molecule has 2 bridgehead atoms. The largest absolute Gasteiger partial charge is 0.430 e. The van der Waals surface area contributed by atoms with Crippen LogP contribution in [0.5, 0.6) is 0 Å². The second-order valence-corrected chi connectivity index (χ2v) is 14.7. The Kier molecular flexibility index (Phi) is 4.67. The highest BCUT2D eigenvalue weighted by Crippen LogP contribution is 2.79. The molecule has 0 amide bonds. The van der Waals surface area contributed by atoms with Crippen LogP contribution in [-0.4, -0.2) is 45.1 Å². The van der Waals surface area contributed by atoms with Gasteiger partial charge in [0, 0.05) is 23.7 Å². The van der Waals surface area contributed by atoms with E-state index in [4.69, 9.17) is 4.74 Å². The van der Waals surface area contributed by atoms with Crippen molar-refractivity contribution < 1.29 is 29.6 Å². The van der Waals surface area contributed by atoms with Gasteiger partial charge >= 0.3 is 5.97 Å². The van der Waals surface area contributed by atoms with E-state index in [1.807, 2.05) is 13.8 Å². The van der Waals surface area contributed by atoms with Gasteiger partial charge in [-0.1, -0.05) is 41.5 Å². The SMILES string of the molecule is C[C@@H]1C[C@@H]2[C@@](C)(CC[C@]3(C)[C@H]4CC[C@@]56C(=O)O[C@@](O)(C[C@H]5[C@]4(C)CC[C@@]23C)[C@@H](O)[C@@H]6C)[C@H](O)C1=O. The monoisotopic (exact) mass is 488 g/mol. The average molecular weight is 489 g/mol. The first-order chi connectivity index (χ1) is 16.1. The number of hydrogen-bond donors (Lipinski definition) is 3. The van der Waals surface area contributed by atoms with Crippen LogP contribution in [-0.2, 0) is 14.3 Å². The molecule has 7 rings (SSSR count). The summed E-state index contributed by atoms with van der Waals surface area (Å²) < 4.78 is 5.52. The molecular weight excluding hydrogens is 444 g/mol. The zero-order valence-electron chi connectivity index (χ0n) is 22.3. The third-order valence-electron chi connectivity index (χ3n) is 13.9. The molecule has 2 aliphatic heterocycles. The van der Waals surface area contributed by atoms with Gasteiger partial charge in [0.15, 0.2) is 5.78 Å². The van der Waals surface area contributed by atoms with Crippen molar-refractivity contribution in [1.82, 2.24) is 0 Å². The van der Waals surface area contributed by atoms with Crippen molar-refractivity contribution >= 4 is 11.8 Å². The van der Waals surface area contributed by atoms with E-state index in [2.05, 4.69) is 27.7 Å². The molecule has 0 aromatic carbocycles. The summed E-state index contributed by atoms with van der Waals surface area (Å²) in [6.07, 6.45) is 4.56. The number of esters is 1. The zero-order valence-corrected chi connectivity index (χ0v) is 22.3. The lowest BCUT2D eigenvalue weighted by molar-refractivity contribution is -0.365. The Morgan fingerprint density at radius 3 is 2.09 bits per heavy atom. The molecule has 196 valence electrons. The molecule has 7 aliphatic rings. The predicted molar refractivity (Wildman–Crippen MR) is 129 cm³/mol. The van der Waals surface area contributed by atoms with Crippen molar-refractivity contribution in [1.29, 1.82) is 0 Å². The summed E-state index contributed by atoms with van der Waals surface area (Å²) in [5.41, 5.74) is -1.26. The smallest absolute Gasteiger partial charge is 0.315 e. The Labute approximate surface area is 209 Å². The fraction of sp³-hybridized carbons (Fsp3) is 0.931. The number of fused-ring (bicyclic) bond motifs is 7. The number of aliphatic hydroxyl groups excluding tert-OH is 2. The summed E-state index contributed by atoms with van der Waals surface area (Å²) >= 11 is 0. The molecule has 3 N–H and O–H groups in total. The Bertz CT molecular complexity index is 996. The first-order valence-electron chi connectivity index (χ1n) is 14.0. The van der Waals surface area contributed by atoms with Crippen LogP contribution in [0.25, 0.3) is 0 Å². The molecule has 6 nitrogen and oxygen atoms in total. The number of ether oxygens (including phenoxy) is 1. The first kappa shape index (κ1) is 24.4. The van der Waals surface area contributed by atoms with Crippen molar-refractivity contribution in [3.63, 3.8) is 0 Å². The van der Waals surface area contributed by atoms with E-state index >= 15 is 0 Å². The number of carbonyl (C=O) groups is 2. The Morgan fingerprint density at radius 2 is 1.43 bits per heavy atom. The summed E-state index contributed by atoms with van der Waals surface area (Å²) in [4.78, 5) is 26.2. The highest BCUT2D eigenvalue weighted by atomic mass is 16.7. The van der Waals surface area contributed by atoms with Crippen LogP contribution < -0.4 is 0 Å². The molecule has 2 heterocycles. The lowest BCUT2D eigenvalue weighted by Crippen LogP contribution is -2.76. The molecule has 0 unspecified atom stereocenters. The summed E-state index contributed by atoms with van der Waals surface area (Å²) in [5, 5.41) is 33.3. The number of ketones is 1. The Morgan fingerprint density at radius 1 is 0.829 bits per heavy atom. The van der Waals surface area contributed by atoms with Gasteiger partial charge in [-0.25, -0.2) is 0 Å². The van der Waals surface area contributed by atoms with Crippen molar-refractivity contribution in [2.24, 2.45) is 56.7 Å². The maximum absolute atomic E-state index is 13.4. The van der Waals surface area contributed by atoms with Gasteiger partial charge in [-0.15, -0.1) is 0 Å². The minimum absolute atomic E-state index is 0.00809. The maximum atomic E-state index is 13.4. The van der Waals surface area contributed by atoms with Gasteiger partial charge in [0.05, 0.1) is 5.41 Å². The summed E-state index contributed by atoms with van der Waals surface area (Å²) in [5.74, 6) is -1.92.